The van der Waals surface area contributed by atoms with E-state index in [9.17, 15) is 17.7 Å². The van der Waals surface area contributed by atoms with E-state index in [0.717, 1.165) is 6.66 Å². The molecule has 0 spiro atoms. The zero-order chi connectivity index (χ0) is 14.9. The van der Waals surface area contributed by atoms with Crippen molar-refractivity contribution in [3.8, 4) is 0 Å². The Balaban J connectivity index is 3.25. The van der Waals surface area contributed by atoms with Crippen LogP contribution in [0.5, 0.6) is 0 Å². The second kappa shape index (κ2) is 5.62. The second-order valence-electron chi connectivity index (χ2n) is 3.82. The topological polar surface area (TPSA) is 46.5 Å². The maximum Gasteiger partial charge on any atom is 0.424 e. The molecule has 0 aliphatic rings. The fourth-order valence-electron chi connectivity index (χ4n) is 1.31. The van der Waals surface area contributed by atoms with E-state index in [-0.39, 0.29) is 5.56 Å². The lowest BCUT2D eigenvalue weighted by molar-refractivity contribution is -0.160. The lowest BCUT2D eigenvalue weighted by Crippen LogP contribution is -2.40. The summed E-state index contributed by atoms with van der Waals surface area (Å²) in [5, 5.41) is 0. The molecule has 9 heteroatoms. The van der Waals surface area contributed by atoms with Crippen molar-refractivity contribution in [1.29, 1.82) is 0 Å². The van der Waals surface area contributed by atoms with Crippen LogP contribution >= 0.6 is 30.8 Å². The van der Waals surface area contributed by atoms with Gasteiger partial charge in [0.1, 0.15) is 6.10 Å². The summed E-state index contributed by atoms with van der Waals surface area (Å²) in [6.45, 7) is 0.753. The van der Waals surface area contributed by atoms with E-state index in [4.69, 9.17) is 28.1 Å². The highest BCUT2D eigenvalue weighted by molar-refractivity contribution is 7.51. The molecule has 0 fully saturated rings. The predicted octanol–water partition coefficient (Wildman–Crippen LogP) is 4.30. The van der Waals surface area contributed by atoms with Crippen LogP contribution in [0.2, 0.25) is 0 Å². The van der Waals surface area contributed by atoms with Gasteiger partial charge in [0.25, 0.3) is 0 Å². The van der Waals surface area contributed by atoms with Crippen LogP contribution < -0.4 is 0 Å². The zero-order valence-electron chi connectivity index (χ0n) is 9.56. The van der Waals surface area contributed by atoms with E-state index in [2.05, 4.69) is 4.52 Å². The van der Waals surface area contributed by atoms with Gasteiger partial charge in [0.05, 0.1) is 0 Å². The fraction of sp³-hybridized carbons (Fsp3) is 0.400. The molecule has 0 bridgehead atoms. The molecule has 0 aromatic heterocycles. The van der Waals surface area contributed by atoms with Gasteiger partial charge < -0.3 is 4.89 Å². The van der Waals surface area contributed by atoms with Gasteiger partial charge in [-0.3, -0.25) is 9.09 Å². The van der Waals surface area contributed by atoms with Crippen molar-refractivity contribution in [2.75, 3.05) is 6.66 Å². The first-order valence-corrected chi connectivity index (χ1v) is 7.71. The Bertz CT molecular complexity index is 473. The third-order valence-corrected chi connectivity index (χ3v) is 3.54. The highest BCUT2D eigenvalue weighted by Gasteiger charge is 2.60. The molecule has 1 aromatic rings. The maximum atomic E-state index is 12.8. The van der Waals surface area contributed by atoms with Crippen molar-refractivity contribution >= 4 is 30.8 Å². The second-order valence-corrected chi connectivity index (χ2v) is 7.02. The molecule has 0 aliphatic carbocycles. The molecule has 0 radical (unpaired) electrons. The predicted molar refractivity (Wildman–Crippen MR) is 66.5 cm³/mol. The average molecular weight is 337 g/mol. The third kappa shape index (κ3) is 4.36. The van der Waals surface area contributed by atoms with Crippen LogP contribution in [-0.4, -0.2) is 22.1 Å². The molecule has 0 saturated carbocycles. The number of hydrogen-bond donors (Lipinski definition) is 1. The SMILES string of the molecule is CP(=O)(O)O[C@@H](c1ccccc1)C(Cl)(Cl)C(F)(F)F. The van der Waals surface area contributed by atoms with E-state index < -0.39 is 24.2 Å². The number of rotatable bonds is 4. The summed E-state index contributed by atoms with van der Waals surface area (Å²) in [5.41, 5.74) is -0.0547. The average Bonchev–Trinajstić information content (AvgIpc) is 2.24. The molecule has 108 valence electrons. The van der Waals surface area contributed by atoms with E-state index in [1.54, 1.807) is 6.07 Å². The highest BCUT2D eigenvalue weighted by atomic mass is 35.5. The third-order valence-electron chi connectivity index (χ3n) is 2.11. The van der Waals surface area contributed by atoms with Gasteiger partial charge in [-0.15, -0.1) is 0 Å². The first kappa shape index (κ1) is 16.8. The van der Waals surface area contributed by atoms with Crippen LogP contribution in [0, 0.1) is 0 Å². The number of alkyl halides is 5. The first-order valence-electron chi connectivity index (χ1n) is 4.93. The fourth-order valence-corrected chi connectivity index (χ4v) is 2.44. The summed E-state index contributed by atoms with van der Waals surface area (Å²) < 4.78 is 50.9. The summed E-state index contributed by atoms with van der Waals surface area (Å²) in [6.07, 6.45) is -7.05. The maximum absolute atomic E-state index is 12.8. The molecule has 1 aromatic carbocycles. The highest BCUT2D eigenvalue weighted by Crippen LogP contribution is 2.55. The Kier molecular flexibility index (Phi) is 4.97. The van der Waals surface area contributed by atoms with Gasteiger partial charge in [-0.05, 0) is 5.56 Å². The molecule has 1 unspecified atom stereocenters. The van der Waals surface area contributed by atoms with Gasteiger partial charge in [-0.25, -0.2) is 0 Å². The molecule has 0 amide bonds. The minimum atomic E-state index is -5.04. The molecule has 1 rings (SSSR count). The van der Waals surface area contributed by atoms with Gasteiger partial charge in [-0.2, -0.15) is 13.2 Å². The van der Waals surface area contributed by atoms with Crippen molar-refractivity contribution in [3.05, 3.63) is 35.9 Å². The van der Waals surface area contributed by atoms with Crippen LogP contribution in [0.25, 0.3) is 0 Å². The summed E-state index contributed by atoms with van der Waals surface area (Å²) in [7, 11) is -4.22. The number of halogens is 5. The monoisotopic (exact) mass is 336 g/mol. The van der Waals surface area contributed by atoms with Crippen LogP contribution in [0.1, 0.15) is 11.7 Å². The quantitative estimate of drug-likeness (QED) is 0.658. The normalized spacial score (nSPS) is 17.8. The molecule has 19 heavy (non-hydrogen) atoms. The van der Waals surface area contributed by atoms with E-state index in [1.165, 1.54) is 24.3 Å². The minimum absolute atomic E-state index is 0.0547. The van der Waals surface area contributed by atoms with Crippen molar-refractivity contribution < 1.29 is 27.2 Å². The number of hydrogen-bond acceptors (Lipinski definition) is 2. The lowest BCUT2D eigenvalue weighted by Gasteiger charge is -2.32. The van der Waals surface area contributed by atoms with Crippen LogP contribution in [0.15, 0.2) is 30.3 Å². The molecule has 0 aliphatic heterocycles. The molecular weight excluding hydrogens is 327 g/mol. The number of benzene rings is 1. The lowest BCUT2D eigenvalue weighted by atomic mass is 10.1. The van der Waals surface area contributed by atoms with Crippen LogP contribution in [0.4, 0.5) is 13.2 Å². The Hall–Kier alpha value is -0.260. The zero-order valence-corrected chi connectivity index (χ0v) is 12.0. The standard InChI is InChI=1S/C10H10Cl2F3O3P/c1-19(16,17)18-8(7-5-3-2-4-6-7)9(11,12)10(13,14)15/h2-6,8H,1H3,(H,16,17)/t8-/m0/s1. The minimum Gasteiger partial charge on any atom is -0.324 e. The van der Waals surface area contributed by atoms with Crippen LogP contribution in [-0.2, 0) is 9.09 Å². The summed E-state index contributed by atoms with van der Waals surface area (Å²) >= 11 is 10.6. The Morgan fingerprint density at radius 1 is 1.26 bits per heavy atom. The summed E-state index contributed by atoms with van der Waals surface area (Å²) in [6, 6.07) is 6.97. The summed E-state index contributed by atoms with van der Waals surface area (Å²) in [4.78, 5) is 9.13. The van der Waals surface area contributed by atoms with Crippen LogP contribution in [0.3, 0.4) is 0 Å². The van der Waals surface area contributed by atoms with Crippen molar-refractivity contribution in [2.24, 2.45) is 0 Å². The molecule has 1 N–H and O–H groups in total. The molecule has 0 saturated heterocycles. The Morgan fingerprint density at radius 3 is 2.11 bits per heavy atom. The summed E-state index contributed by atoms with van der Waals surface area (Å²) in [5.74, 6) is 0. The first-order chi connectivity index (χ1) is 8.45. The van der Waals surface area contributed by atoms with Gasteiger partial charge in [0.2, 0.25) is 4.33 Å². The smallest absolute Gasteiger partial charge is 0.324 e. The largest absolute Gasteiger partial charge is 0.424 e. The van der Waals surface area contributed by atoms with E-state index in [0.29, 0.717) is 0 Å². The van der Waals surface area contributed by atoms with Gasteiger partial charge >= 0.3 is 13.8 Å². The molecule has 3 nitrogen and oxygen atoms in total. The Morgan fingerprint density at radius 2 is 1.74 bits per heavy atom. The van der Waals surface area contributed by atoms with E-state index in [1.807, 2.05) is 0 Å². The molecular formula is C10H10Cl2F3O3P. The van der Waals surface area contributed by atoms with Crippen molar-refractivity contribution in [3.63, 3.8) is 0 Å². The Labute approximate surface area is 117 Å². The van der Waals surface area contributed by atoms with Gasteiger partial charge in [0.15, 0.2) is 0 Å². The molecule has 2 atom stereocenters. The van der Waals surface area contributed by atoms with Gasteiger partial charge in [0, 0.05) is 6.66 Å². The van der Waals surface area contributed by atoms with Crippen molar-refractivity contribution in [1.82, 2.24) is 0 Å². The molecule has 0 heterocycles. The van der Waals surface area contributed by atoms with Gasteiger partial charge in [-0.1, -0.05) is 53.5 Å². The van der Waals surface area contributed by atoms with E-state index >= 15 is 0 Å². The van der Waals surface area contributed by atoms with Crippen molar-refractivity contribution in [2.45, 2.75) is 16.6 Å².